The summed E-state index contributed by atoms with van der Waals surface area (Å²) in [4.78, 5) is 10.0. The lowest BCUT2D eigenvalue weighted by Gasteiger charge is -2.34. The van der Waals surface area contributed by atoms with Crippen LogP contribution < -0.4 is 15.5 Å². The highest BCUT2D eigenvalue weighted by Gasteiger charge is 2.33. The van der Waals surface area contributed by atoms with Crippen LogP contribution in [0.1, 0.15) is 23.5 Å². The summed E-state index contributed by atoms with van der Waals surface area (Å²) in [7, 11) is 3.53. The molecule has 0 aromatic carbocycles. The van der Waals surface area contributed by atoms with E-state index in [9.17, 15) is 13.2 Å². The predicted molar refractivity (Wildman–Crippen MR) is 98.9 cm³/mol. The number of piperidine rings is 1. The summed E-state index contributed by atoms with van der Waals surface area (Å²) in [6.45, 7) is 1.97. The number of aromatic nitrogens is 3. The van der Waals surface area contributed by atoms with Crippen molar-refractivity contribution in [3.8, 4) is 0 Å². The first kappa shape index (κ1) is 19.5. The van der Waals surface area contributed by atoms with E-state index in [1.807, 2.05) is 19.4 Å². The number of nitrogens with zero attached hydrogens (tertiary/aromatic N) is 5. The van der Waals surface area contributed by atoms with Crippen molar-refractivity contribution in [3.05, 3.63) is 28.5 Å². The van der Waals surface area contributed by atoms with Crippen LogP contribution >= 0.6 is 11.3 Å². The number of nitrogens with one attached hydrogen (secondary N) is 2. The number of halogens is 3. The van der Waals surface area contributed by atoms with Crippen molar-refractivity contribution in [1.82, 2.24) is 25.4 Å². The summed E-state index contributed by atoms with van der Waals surface area (Å²) in [5.41, 5.74) is 0.223. The zero-order valence-electron chi connectivity index (χ0n) is 15.1. The highest BCUT2D eigenvalue weighted by Crippen LogP contribution is 2.29. The van der Waals surface area contributed by atoms with Gasteiger partial charge in [-0.2, -0.15) is 18.3 Å². The van der Waals surface area contributed by atoms with E-state index in [0.717, 1.165) is 48.3 Å². The molecule has 1 fully saturated rings. The van der Waals surface area contributed by atoms with Crippen molar-refractivity contribution < 1.29 is 13.2 Å². The van der Waals surface area contributed by atoms with Gasteiger partial charge in [-0.25, -0.2) is 4.98 Å². The van der Waals surface area contributed by atoms with E-state index >= 15 is 0 Å². The fraction of sp³-hybridized carbons (Fsp3) is 0.562. The smallest absolute Gasteiger partial charge is 0.367 e. The SMILES string of the molecule is CN=C(NCc1nc(C(F)(F)F)cs1)NC1CCCN(c2cnn(C)c2)C1. The Hall–Kier alpha value is -2.30. The fourth-order valence-corrected chi connectivity index (χ4v) is 3.71. The third-order valence-corrected chi connectivity index (χ3v) is 5.14. The van der Waals surface area contributed by atoms with Gasteiger partial charge in [0.15, 0.2) is 11.7 Å². The van der Waals surface area contributed by atoms with Crippen LogP contribution in [0.25, 0.3) is 0 Å². The molecule has 3 rings (SSSR count). The lowest BCUT2D eigenvalue weighted by Crippen LogP contribution is -2.51. The van der Waals surface area contributed by atoms with Crippen molar-refractivity contribution in [2.75, 3.05) is 25.0 Å². The summed E-state index contributed by atoms with van der Waals surface area (Å²) in [5.74, 6) is 0.553. The summed E-state index contributed by atoms with van der Waals surface area (Å²) in [6, 6.07) is 0.187. The van der Waals surface area contributed by atoms with Crippen LogP contribution in [0.2, 0.25) is 0 Å². The molecule has 2 aromatic heterocycles. The standard InChI is InChI=1S/C16H22F3N7S/c1-20-15(21-7-14-24-13(10-27-14)16(17,18)19)23-11-4-3-5-26(8-11)12-6-22-25(2)9-12/h6,9-11H,3-5,7-8H2,1-2H3,(H2,20,21,23). The van der Waals surface area contributed by atoms with Gasteiger partial charge in [0.2, 0.25) is 0 Å². The Bertz CT molecular complexity index is 783. The molecule has 1 saturated heterocycles. The summed E-state index contributed by atoms with van der Waals surface area (Å²) in [6.07, 6.45) is 1.44. The maximum Gasteiger partial charge on any atom is 0.434 e. The molecule has 0 amide bonds. The highest BCUT2D eigenvalue weighted by atomic mass is 32.1. The summed E-state index contributed by atoms with van der Waals surface area (Å²) in [5, 5.41) is 12.0. The van der Waals surface area contributed by atoms with Gasteiger partial charge in [-0.1, -0.05) is 0 Å². The van der Waals surface area contributed by atoms with E-state index in [1.165, 1.54) is 0 Å². The minimum Gasteiger partial charge on any atom is -0.367 e. The van der Waals surface area contributed by atoms with E-state index in [1.54, 1.807) is 11.7 Å². The molecule has 1 unspecified atom stereocenters. The van der Waals surface area contributed by atoms with Crippen molar-refractivity contribution in [1.29, 1.82) is 0 Å². The lowest BCUT2D eigenvalue weighted by atomic mass is 10.1. The van der Waals surface area contributed by atoms with E-state index in [2.05, 4.69) is 30.6 Å². The Morgan fingerprint density at radius 3 is 2.89 bits per heavy atom. The van der Waals surface area contributed by atoms with Gasteiger partial charge in [0.05, 0.1) is 18.4 Å². The van der Waals surface area contributed by atoms with E-state index < -0.39 is 11.9 Å². The second kappa shape index (κ2) is 8.15. The molecule has 1 aliphatic heterocycles. The van der Waals surface area contributed by atoms with Crippen LogP contribution in [0.3, 0.4) is 0 Å². The van der Waals surface area contributed by atoms with Crippen LogP contribution in [0.15, 0.2) is 22.8 Å². The van der Waals surface area contributed by atoms with Gasteiger partial charge in [-0.15, -0.1) is 11.3 Å². The zero-order chi connectivity index (χ0) is 19.4. The van der Waals surface area contributed by atoms with Gasteiger partial charge in [0, 0.05) is 44.8 Å². The maximum absolute atomic E-state index is 12.6. The molecule has 1 atom stereocenters. The van der Waals surface area contributed by atoms with Gasteiger partial charge in [-0.3, -0.25) is 9.67 Å². The van der Waals surface area contributed by atoms with Crippen molar-refractivity contribution in [2.24, 2.45) is 12.0 Å². The molecule has 2 N–H and O–H groups in total. The molecule has 0 spiro atoms. The average Bonchev–Trinajstić information content (AvgIpc) is 3.27. The van der Waals surface area contributed by atoms with Gasteiger partial charge < -0.3 is 15.5 Å². The number of rotatable bonds is 4. The number of alkyl halides is 3. The van der Waals surface area contributed by atoms with E-state index in [4.69, 9.17) is 0 Å². The van der Waals surface area contributed by atoms with Crippen LogP contribution in [0.4, 0.5) is 18.9 Å². The van der Waals surface area contributed by atoms with Crippen molar-refractivity contribution >= 4 is 23.0 Å². The molecule has 148 valence electrons. The highest BCUT2D eigenvalue weighted by molar-refractivity contribution is 7.09. The van der Waals surface area contributed by atoms with Crippen molar-refractivity contribution in [3.63, 3.8) is 0 Å². The molecular weight excluding hydrogens is 379 g/mol. The van der Waals surface area contributed by atoms with Crippen LogP contribution in [-0.4, -0.2) is 46.9 Å². The Kier molecular flexibility index (Phi) is 5.88. The number of guanidine groups is 1. The molecule has 0 bridgehead atoms. The number of hydrogen-bond acceptors (Lipinski definition) is 5. The quantitative estimate of drug-likeness (QED) is 0.607. The topological polar surface area (TPSA) is 70.4 Å². The monoisotopic (exact) mass is 401 g/mol. The summed E-state index contributed by atoms with van der Waals surface area (Å²) >= 11 is 0.981. The molecule has 2 aromatic rings. The fourth-order valence-electron chi connectivity index (χ4n) is 2.97. The van der Waals surface area contributed by atoms with E-state index in [0.29, 0.717) is 11.0 Å². The Morgan fingerprint density at radius 2 is 2.26 bits per heavy atom. The normalized spacial score (nSPS) is 18.6. The largest absolute Gasteiger partial charge is 0.434 e. The molecule has 0 aliphatic carbocycles. The predicted octanol–water partition coefficient (Wildman–Crippen LogP) is 2.23. The molecular formula is C16H22F3N7S. The molecule has 3 heterocycles. The Labute approximate surface area is 159 Å². The van der Waals surface area contributed by atoms with Crippen LogP contribution in [-0.2, 0) is 19.8 Å². The molecule has 11 heteroatoms. The first-order valence-corrected chi connectivity index (χ1v) is 9.45. The molecule has 0 saturated carbocycles. The molecule has 1 aliphatic rings. The minimum absolute atomic E-state index is 0.187. The number of thiazole rings is 1. The van der Waals surface area contributed by atoms with E-state index in [-0.39, 0.29) is 12.6 Å². The zero-order valence-corrected chi connectivity index (χ0v) is 15.9. The Morgan fingerprint density at radius 1 is 1.44 bits per heavy atom. The first-order chi connectivity index (χ1) is 12.8. The molecule has 0 radical (unpaired) electrons. The second-order valence-electron chi connectivity index (χ2n) is 6.35. The Balaban J connectivity index is 1.53. The number of anilines is 1. The molecule has 27 heavy (non-hydrogen) atoms. The molecule has 7 nitrogen and oxygen atoms in total. The number of hydrogen-bond donors (Lipinski definition) is 2. The maximum atomic E-state index is 12.6. The number of aliphatic imine (C=N–C) groups is 1. The van der Waals surface area contributed by atoms with Gasteiger partial charge in [0.1, 0.15) is 5.01 Å². The first-order valence-electron chi connectivity index (χ1n) is 8.57. The van der Waals surface area contributed by atoms with Gasteiger partial charge >= 0.3 is 6.18 Å². The van der Waals surface area contributed by atoms with Gasteiger partial charge in [-0.05, 0) is 12.8 Å². The lowest BCUT2D eigenvalue weighted by molar-refractivity contribution is -0.140. The minimum atomic E-state index is -4.41. The van der Waals surface area contributed by atoms with Crippen LogP contribution in [0.5, 0.6) is 0 Å². The van der Waals surface area contributed by atoms with Crippen molar-refractivity contribution in [2.45, 2.75) is 31.6 Å². The second-order valence-corrected chi connectivity index (χ2v) is 7.29. The average molecular weight is 401 g/mol. The third-order valence-electron chi connectivity index (χ3n) is 4.29. The third kappa shape index (κ3) is 5.12. The number of aryl methyl sites for hydroxylation is 1. The van der Waals surface area contributed by atoms with Gasteiger partial charge in [0.25, 0.3) is 0 Å². The summed E-state index contributed by atoms with van der Waals surface area (Å²) < 4.78 is 39.7. The van der Waals surface area contributed by atoms with Crippen LogP contribution in [0, 0.1) is 0 Å².